The molecule has 0 radical (unpaired) electrons. The summed E-state index contributed by atoms with van der Waals surface area (Å²) in [4.78, 5) is 19.9. The number of aliphatic hydroxyl groups is 1. The number of H-pyrrole nitrogens is 1. The van der Waals surface area contributed by atoms with Crippen LogP contribution in [0.4, 0.5) is 0 Å². The molecule has 0 bridgehead atoms. The molecule has 6 nitrogen and oxygen atoms in total. The molecule has 0 unspecified atom stereocenters. The summed E-state index contributed by atoms with van der Waals surface area (Å²) >= 11 is 0. The molecule has 1 saturated carbocycles. The predicted octanol–water partition coefficient (Wildman–Crippen LogP) is 2.22. The third-order valence-electron chi connectivity index (χ3n) is 4.89. The smallest absolute Gasteiger partial charge is 0.326 e. The molecule has 1 fully saturated rings. The van der Waals surface area contributed by atoms with Gasteiger partial charge in [-0.1, -0.05) is 12.1 Å². The van der Waals surface area contributed by atoms with E-state index in [0.29, 0.717) is 5.75 Å². The lowest BCUT2D eigenvalue weighted by molar-refractivity contribution is 0.226. The maximum atomic E-state index is 12.5. The monoisotopic (exact) mass is 313 g/mol. The van der Waals surface area contributed by atoms with E-state index in [-0.39, 0.29) is 24.3 Å². The van der Waals surface area contributed by atoms with Crippen molar-refractivity contribution >= 4 is 21.9 Å². The molecule has 2 N–H and O–H groups in total. The summed E-state index contributed by atoms with van der Waals surface area (Å²) in [6.07, 6.45) is 4.38. The first-order valence-corrected chi connectivity index (χ1v) is 7.89. The lowest BCUT2D eigenvalue weighted by Crippen LogP contribution is -2.21. The average molecular weight is 313 g/mol. The second-order valence-corrected chi connectivity index (χ2v) is 6.19. The Morgan fingerprint density at radius 2 is 2.30 bits per heavy atom. The summed E-state index contributed by atoms with van der Waals surface area (Å²) in [5, 5.41) is 10.3. The first-order chi connectivity index (χ1) is 11.2. The number of aliphatic hydroxyl groups excluding tert-OH is 1. The summed E-state index contributed by atoms with van der Waals surface area (Å²) in [6, 6.07) is 5.86. The van der Waals surface area contributed by atoms with Crippen LogP contribution in [0, 0.1) is 5.92 Å². The van der Waals surface area contributed by atoms with Gasteiger partial charge < -0.3 is 14.8 Å². The lowest BCUT2D eigenvalue weighted by atomic mass is 10.1. The number of aromatic amines is 1. The molecule has 2 heterocycles. The fourth-order valence-electron chi connectivity index (χ4n) is 3.77. The van der Waals surface area contributed by atoms with Crippen LogP contribution >= 0.6 is 0 Å². The van der Waals surface area contributed by atoms with Crippen molar-refractivity contribution in [2.45, 2.75) is 25.3 Å². The Hall–Kier alpha value is -2.34. The number of pyridine rings is 1. The molecule has 0 amide bonds. The van der Waals surface area contributed by atoms with Gasteiger partial charge in [-0.25, -0.2) is 4.79 Å². The van der Waals surface area contributed by atoms with E-state index < -0.39 is 0 Å². The van der Waals surface area contributed by atoms with E-state index in [2.05, 4.69) is 9.97 Å². The molecule has 2 aromatic heterocycles. The maximum Gasteiger partial charge on any atom is 0.326 e. The van der Waals surface area contributed by atoms with Crippen molar-refractivity contribution in [3.8, 4) is 5.75 Å². The highest BCUT2D eigenvalue weighted by atomic mass is 16.5. The van der Waals surface area contributed by atoms with Gasteiger partial charge in [-0.05, 0) is 31.2 Å². The normalized spacial score (nSPS) is 21.3. The first kappa shape index (κ1) is 14.3. The van der Waals surface area contributed by atoms with E-state index >= 15 is 0 Å². The summed E-state index contributed by atoms with van der Waals surface area (Å²) in [7, 11) is 1.62. The van der Waals surface area contributed by atoms with Crippen LogP contribution in [0.25, 0.3) is 21.9 Å². The number of hydrogen-bond acceptors (Lipinski definition) is 4. The van der Waals surface area contributed by atoms with E-state index in [1.165, 1.54) is 0 Å². The highest BCUT2D eigenvalue weighted by Crippen LogP contribution is 2.37. The van der Waals surface area contributed by atoms with E-state index in [0.717, 1.165) is 41.2 Å². The number of imidazole rings is 1. The van der Waals surface area contributed by atoms with Gasteiger partial charge in [0.25, 0.3) is 0 Å². The minimum atomic E-state index is -0.110. The van der Waals surface area contributed by atoms with Gasteiger partial charge in [-0.15, -0.1) is 0 Å². The topological polar surface area (TPSA) is 80.1 Å². The van der Waals surface area contributed by atoms with Gasteiger partial charge in [0.05, 0.1) is 24.3 Å². The molecule has 0 saturated heterocycles. The molecule has 1 aliphatic carbocycles. The number of ether oxygens (including phenoxy) is 1. The number of nitrogens with one attached hydrogen (secondary N) is 1. The molecule has 4 rings (SSSR count). The van der Waals surface area contributed by atoms with Crippen LogP contribution in [0.3, 0.4) is 0 Å². The molecular formula is C17H19N3O3. The molecule has 23 heavy (non-hydrogen) atoms. The molecule has 1 aromatic carbocycles. The number of methoxy groups -OCH3 is 1. The third kappa shape index (κ3) is 2.13. The maximum absolute atomic E-state index is 12.5. The highest BCUT2D eigenvalue weighted by Gasteiger charge is 2.28. The molecule has 0 aliphatic heterocycles. The molecule has 120 valence electrons. The van der Waals surface area contributed by atoms with Crippen molar-refractivity contribution in [3.05, 3.63) is 34.9 Å². The lowest BCUT2D eigenvalue weighted by Gasteiger charge is -2.14. The van der Waals surface area contributed by atoms with E-state index in [1.54, 1.807) is 13.3 Å². The van der Waals surface area contributed by atoms with Crippen LogP contribution in [-0.4, -0.2) is 33.4 Å². The number of benzene rings is 1. The van der Waals surface area contributed by atoms with E-state index in [9.17, 15) is 9.90 Å². The van der Waals surface area contributed by atoms with Crippen molar-refractivity contribution in [3.63, 3.8) is 0 Å². The van der Waals surface area contributed by atoms with Crippen LogP contribution in [0.5, 0.6) is 5.75 Å². The minimum absolute atomic E-state index is 0.110. The number of aromatic nitrogens is 3. The predicted molar refractivity (Wildman–Crippen MR) is 87.9 cm³/mol. The van der Waals surface area contributed by atoms with Crippen molar-refractivity contribution < 1.29 is 9.84 Å². The fraction of sp³-hybridized carbons (Fsp3) is 0.412. The summed E-state index contributed by atoms with van der Waals surface area (Å²) in [5.74, 6) is 0.976. The SMILES string of the molecule is COc1cccc2c1ncc1[nH]c(=O)n([C@H]3CC[C@@H](CO)C3)c12. The zero-order valence-corrected chi connectivity index (χ0v) is 13.0. The third-order valence-corrected chi connectivity index (χ3v) is 4.89. The van der Waals surface area contributed by atoms with E-state index in [4.69, 9.17) is 4.74 Å². The van der Waals surface area contributed by atoms with Gasteiger partial charge in [0.1, 0.15) is 11.3 Å². The van der Waals surface area contributed by atoms with Crippen LogP contribution in [0.2, 0.25) is 0 Å². The molecular weight excluding hydrogens is 294 g/mol. The van der Waals surface area contributed by atoms with Crippen molar-refractivity contribution in [2.24, 2.45) is 5.92 Å². The van der Waals surface area contributed by atoms with Crippen molar-refractivity contribution in [1.29, 1.82) is 0 Å². The zero-order chi connectivity index (χ0) is 16.0. The van der Waals surface area contributed by atoms with Crippen LogP contribution in [-0.2, 0) is 0 Å². The van der Waals surface area contributed by atoms with Gasteiger partial charge in [0.15, 0.2) is 0 Å². The van der Waals surface area contributed by atoms with Crippen LogP contribution in [0.1, 0.15) is 25.3 Å². The number of nitrogens with zero attached hydrogens (tertiary/aromatic N) is 2. The van der Waals surface area contributed by atoms with Gasteiger partial charge in [-0.3, -0.25) is 9.55 Å². The minimum Gasteiger partial charge on any atom is -0.494 e. The van der Waals surface area contributed by atoms with Crippen molar-refractivity contribution in [2.75, 3.05) is 13.7 Å². The Balaban J connectivity index is 1.99. The number of fused-ring (bicyclic) bond motifs is 3. The van der Waals surface area contributed by atoms with Crippen LogP contribution < -0.4 is 10.4 Å². The number of rotatable bonds is 3. The zero-order valence-electron chi connectivity index (χ0n) is 13.0. The quantitative estimate of drug-likeness (QED) is 0.777. The second-order valence-electron chi connectivity index (χ2n) is 6.19. The molecule has 3 aromatic rings. The Morgan fingerprint density at radius 3 is 3.04 bits per heavy atom. The molecule has 0 spiro atoms. The molecule has 2 atom stereocenters. The Bertz CT molecular complexity index is 928. The van der Waals surface area contributed by atoms with Gasteiger partial charge in [0, 0.05) is 18.0 Å². The Morgan fingerprint density at radius 1 is 1.43 bits per heavy atom. The number of para-hydroxylation sites is 1. The summed E-state index contributed by atoms with van der Waals surface area (Å²) in [5.41, 5.74) is 2.26. The van der Waals surface area contributed by atoms with Gasteiger partial charge in [-0.2, -0.15) is 0 Å². The largest absolute Gasteiger partial charge is 0.494 e. The fourth-order valence-corrected chi connectivity index (χ4v) is 3.77. The molecule has 6 heteroatoms. The highest BCUT2D eigenvalue weighted by molar-refractivity contribution is 6.04. The van der Waals surface area contributed by atoms with Gasteiger partial charge >= 0.3 is 5.69 Å². The average Bonchev–Trinajstić information content (AvgIpc) is 3.17. The summed E-state index contributed by atoms with van der Waals surface area (Å²) < 4.78 is 7.23. The van der Waals surface area contributed by atoms with E-state index in [1.807, 2.05) is 22.8 Å². The van der Waals surface area contributed by atoms with Crippen molar-refractivity contribution in [1.82, 2.24) is 14.5 Å². The Labute approximate surface area is 132 Å². The Kier molecular flexibility index (Phi) is 3.34. The summed E-state index contributed by atoms with van der Waals surface area (Å²) in [6.45, 7) is 0.184. The second kappa shape index (κ2) is 5.38. The van der Waals surface area contributed by atoms with Gasteiger partial charge in [0.2, 0.25) is 0 Å². The molecule has 1 aliphatic rings. The first-order valence-electron chi connectivity index (χ1n) is 7.89. The standard InChI is InChI=1S/C17H19N3O3/c1-23-14-4-2-3-12-15(14)18-8-13-16(12)20(17(22)19-13)11-6-5-10(7-11)9-21/h2-4,8,10-11,21H,5-7,9H2,1H3,(H,19,22)/t10-,11+/m1/s1. The number of hydrogen-bond donors (Lipinski definition) is 2. The van der Waals surface area contributed by atoms with Crippen LogP contribution in [0.15, 0.2) is 29.2 Å².